The van der Waals surface area contributed by atoms with Crippen LogP contribution in [0.4, 0.5) is 15.9 Å². The highest BCUT2D eigenvalue weighted by Gasteiger charge is 2.10. The Labute approximate surface area is 138 Å². The second kappa shape index (κ2) is 6.79. The molecule has 6 heteroatoms. The Kier molecular flexibility index (Phi) is 4.57. The third kappa shape index (κ3) is 3.35. The van der Waals surface area contributed by atoms with E-state index in [1.165, 1.54) is 12.4 Å². The van der Waals surface area contributed by atoms with Crippen molar-refractivity contribution in [1.29, 1.82) is 0 Å². The fraction of sp³-hybridized carbons (Fsp3) is 0.176. The molecule has 1 aromatic heterocycles. The monoisotopic (exact) mass is 331 g/mol. The lowest BCUT2D eigenvalue weighted by Gasteiger charge is -2.12. The number of aryl methyl sites for hydroxylation is 1. The van der Waals surface area contributed by atoms with E-state index < -0.39 is 0 Å². The fourth-order valence-electron chi connectivity index (χ4n) is 2.28. The standard InChI is InChI=1S/C17H15ClFN3O/c1-11-8-15-12(9-16(11)23-7-6-18)17(21-10-20-15)22-14-5-3-2-4-13(14)19/h2-5,8-10H,6-7H2,1H3,(H,20,21,22). The van der Waals surface area contributed by atoms with Crippen LogP contribution in [0.1, 0.15) is 5.56 Å². The smallest absolute Gasteiger partial charge is 0.146 e. The van der Waals surface area contributed by atoms with Crippen LogP contribution in [0.25, 0.3) is 10.9 Å². The molecule has 0 aliphatic rings. The molecule has 1 N–H and O–H groups in total. The molecule has 0 aliphatic carbocycles. The summed E-state index contributed by atoms with van der Waals surface area (Å²) in [7, 11) is 0. The lowest BCUT2D eigenvalue weighted by molar-refractivity contribution is 0.341. The van der Waals surface area contributed by atoms with Crippen LogP contribution in [0.15, 0.2) is 42.7 Å². The van der Waals surface area contributed by atoms with Crippen LogP contribution in [0.5, 0.6) is 5.75 Å². The number of hydrogen-bond acceptors (Lipinski definition) is 4. The molecule has 0 spiro atoms. The van der Waals surface area contributed by atoms with E-state index >= 15 is 0 Å². The summed E-state index contributed by atoms with van der Waals surface area (Å²) in [6.45, 7) is 2.35. The van der Waals surface area contributed by atoms with Gasteiger partial charge in [0, 0.05) is 5.39 Å². The van der Waals surface area contributed by atoms with Crippen molar-refractivity contribution in [2.75, 3.05) is 17.8 Å². The van der Waals surface area contributed by atoms with Gasteiger partial charge < -0.3 is 10.1 Å². The summed E-state index contributed by atoms with van der Waals surface area (Å²) >= 11 is 5.67. The molecule has 0 atom stereocenters. The predicted octanol–water partition coefficient (Wildman–Crippen LogP) is 4.44. The highest BCUT2D eigenvalue weighted by atomic mass is 35.5. The number of halogens is 2. The van der Waals surface area contributed by atoms with Crippen molar-refractivity contribution in [2.24, 2.45) is 0 Å². The maximum Gasteiger partial charge on any atom is 0.146 e. The minimum absolute atomic E-state index is 0.343. The number of rotatable bonds is 5. The maximum atomic E-state index is 13.8. The van der Waals surface area contributed by atoms with Crippen molar-refractivity contribution in [2.45, 2.75) is 6.92 Å². The first-order valence-electron chi connectivity index (χ1n) is 7.14. The predicted molar refractivity (Wildman–Crippen MR) is 90.2 cm³/mol. The van der Waals surface area contributed by atoms with E-state index in [9.17, 15) is 4.39 Å². The van der Waals surface area contributed by atoms with Gasteiger partial charge in [0.15, 0.2) is 0 Å². The molecule has 0 bridgehead atoms. The van der Waals surface area contributed by atoms with Gasteiger partial charge in [-0.25, -0.2) is 14.4 Å². The first-order valence-corrected chi connectivity index (χ1v) is 7.68. The third-order valence-electron chi connectivity index (χ3n) is 3.39. The van der Waals surface area contributed by atoms with Gasteiger partial charge in [0.05, 0.1) is 17.1 Å². The lowest BCUT2D eigenvalue weighted by atomic mass is 10.1. The molecule has 1 heterocycles. The number of nitrogens with zero attached hydrogens (tertiary/aromatic N) is 2. The fourth-order valence-corrected chi connectivity index (χ4v) is 2.36. The normalized spacial score (nSPS) is 10.7. The first kappa shape index (κ1) is 15.5. The molecule has 3 aromatic rings. The molecule has 2 aromatic carbocycles. The molecule has 0 aliphatic heterocycles. The number of anilines is 2. The Morgan fingerprint density at radius 2 is 2.04 bits per heavy atom. The van der Waals surface area contributed by atoms with Crippen LogP contribution in [-0.4, -0.2) is 22.5 Å². The molecule has 0 unspecified atom stereocenters. The van der Waals surface area contributed by atoms with E-state index in [1.807, 2.05) is 19.1 Å². The molecule has 0 saturated carbocycles. The SMILES string of the molecule is Cc1cc2ncnc(Nc3ccccc3F)c2cc1OCCCl. The minimum atomic E-state index is -0.343. The number of ether oxygens (including phenoxy) is 1. The van der Waals surface area contributed by atoms with Crippen molar-refractivity contribution < 1.29 is 9.13 Å². The Hall–Kier alpha value is -2.40. The van der Waals surface area contributed by atoms with Gasteiger partial charge in [-0.2, -0.15) is 0 Å². The Bertz CT molecular complexity index is 841. The minimum Gasteiger partial charge on any atom is -0.492 e. The number of alkyl halides is 1. The summed E-state index contributed by atoms with van der Waals surface area (Å²) in [5, 5.41) is 3.77. The number of nitrogens with one attached hydrogen (secondary N) is 1. The zero-order valence-corrected chi connectivity index (χ0v) is 13.3. The Morgan fingerprint density at radius 3 is 2.83 bits per heavy atom. The summed E-state index contributed by atoms with van der Waals surface area (Å²) in [5.41, 5.74) is 2.07. The van der Waals surface area contributed by atoms with Crippen molar-refractivity contribution >= 4 is 34.0 Å². The van der Waals surface area contributed by atoms with Crippen LogP contribution in [-0.2, 0) is 0 Å². The van der Waals surface area contributed by atoms with E-state index in [4.69, 9.17) is 16.3 Å². The van der Waals surface area contributed by atoms with Crippen LogP contribution in [0.3, 0.4) is 0 Å². The van der Waals surface area contributed by atoms with Crippen molar-refractivity contribution in [3.8, 4) is 5.75 Å². The number of aromatic nitrogens is 2. The Balaban J connectivity index is 2.04. The van der Waals surface area contributed by atoms with Crippen molar-refractivity contribution in [1.82, 2.24) is 9.97 Å². The molecule has 0 saturated heterocycles. The summed E-state index contributed by atoms with van der Waals surface area (Å²) in [6.07, 6.45) is 1.45. The average molecular weight is 332 g/mol. The van der Waals surface area contributed by atoms with Crippen LogP contribution >= 0.6 is 11.6 Å². The highest BCUT2D eigenvalue weighted by molar-refractivity contribution is 6.18. The summed E-state index contributed by atoms with van der Waals surface area (Å²) in [4.78, 5) is 8.49. The summed E-state index contributed by atoms with van der Waals surface area (Å²) in [5.74, 6) is 1.30. The number of fused-ring (bicyclic) bond motifs is 1. The zero-order chi connectivity index (χ0) is 16.2. The average Bonchev–Trinajstić information content (AvgIpc) is 2.55. The van der Waals surface area contributed by atoms with Crippen molar-refractivity contribution in [3.63, 3.8) is 0 Å². The molecule has 0 amide bonds. The molecule has 23 heavy (non-hydrogen) atoms. The van der Waals surface area contributed by atoms with E-state index in [0.29, 0.717) is 29.7 Å². The van der Waals surface area contributed by atoms with Gasteiger partial charge in [0.1, 0.15) is 30.3 Å². The molecule has 3 rings (SSSR count). The van der Waals surface area contributed by atoms with E-state index in [2.05, 4.69) is 15.3 Å². The van der Waals surface area contributed by atoms with Gasteiger partial charge in [-0.15, -0.1) is 11.6 Å². The van der Waals surface area contributed by atoms with E-state index in [-0.39, 0.29) is 5.82 Å². The lowest BCUT2D eigenvalue weighted by Crippen LogP contribution is -2.02. The summed E-state index contributed by atoms with van der Waals surface area (Å²) in [6, 6.07) is 10.2. The largest absolute Gasteiger partial charge is 0.492 e. The van der Waals surface area contributed by atoms with Crippen molar-refractivity contribution in [3.05, 3.63) is 54.1 Å². The molecule has 4 nitrogen and oxygen atoms in total. The maximum absolute atomic E-state index is 13.8. The van der Waals surface area contributed by atoms with Gasteiger partial charge >= 0.3 is 0 Å². The van der Waals surface area contributed by atoms with Crippen LogP contribution in [0, 0.1) is 12.7 Å². The first-order chi connectivity index (χ1) is 11.2. The second-order valence-electron chi connectivity index (χ2n) is 5.00. The molecule has 0 radical (unpaired) electrons. The van der Waals surface area contributed by atoms with E-state index in [1.54, 1.807) is 18.2 Å². The van der Waals surface area contributed by atoms with Gasteiger partial charge in [0.25, 0.3) is 0 Å². The third-order valence-corrected chi connectivity index (χ3v) is 3.55. The number of benzene rings is 2. The number of para-hydroxylation sites is 1. The highest BCUT2D eigenvalue weighted by Crippen LogP contribution is 2.30. The molecular weight excluding hydrogens is 317 g/mol. The topological polar surface area (TPSA) is 47.0 Å². The Morgan fingerprint density at radius 1 is 1.22 bits per heavy atom. The molecule has 118 valence electrons. The van der Waals surface area contributed by atoms with Gasteiger partial charge in [-0.3, -0.25) is 0 Å². The molecular formula is C17H15ClFN3O. The zero-order valence-electron chi connectivity index (χ0n) is 12.5. The summed E-state index contributed by atoms with van der Waals surface area (Å²) < 4.78 is 19.5. The van der Waals surface area contributed by atoms with Crippen LogP contribution in [0.2, 0.25) is 0 Å². The van der Waals surface area contributed by atoms with Gasteiger partial charge in [-0.1, -0.05) is 12.1 Å². The van der Waals surface area contributed by atoms with Gasteiger partial charge in [0.2, 0.25) is 0 Å². The molecule has 0 fully saturated rings. The van der Waals surface area contributed by atoms with Gasteiger partial charge in [-0.05, 0) is 36.8 Å². The van der Waals surface area contributed by atoms with Crippen LogP contribution < -0.4 is 10.1 Å². The van der Waals surface area contributed by atoms with E-state index in [0.717, 1.165) is 16.5 Å². The number of hydrogen-bond donors (Lipinski definition) is 1. The second-order valence-corrected chi connectivity index (χ2v) is 5.38. The quantitative estimate of drug-likeness (QED) is 0.702.